The van der Waals surface area contributed by atoms with Gasteiger partial charge in [-0.05, 0) is 56.9 Å². The Labute approximate surface area is 257 Å². The number of ketones is 1. The maximum Gasteiger partial charge on any atom is 0.511 e. The minimum atomic E-state index is -1.21. The fraction of sp³-hybridized carbons (Fsp3) is 0.567. The lowest BCUT2D eigenvalue weighted by molar-refractivity contribution is -0.155. The van der Waals surface area contributed by atoms with E-state index in [-0.39, 0.29) is 30.7 Å². The topological polar surface area (TPSA) is 161 Å². The lowest BCUT2D eigenvalue weighted by atomic mass is 9.66. The Balaban J connectivity index is 1.91. The molecule has 1 aliphatic rings. The Morgan fingerprint density at radius 1 is 1.09 bits per heavy atom. The summed E-state index contributed by atoms with van der Waals surface area (Å²) < 4.78 is 14.5. The second-order valence-corrected chi connectivity index (χ2v) is 12.5. The molecular weight excluding hydrogens is 582 g/mol. The highest BCUT2D eigenvalue weighted by Gasteiger charge is 2.50. The number of rotatable bonds is 11. The van der Waals surface area contributed by atoms with Crippen LogP contribution in [0.2, 0.25) is 5.02 Å². The molecule has 13 heteroatoms. The summed E-state index contributed by atoms with van der Waals surface area (Å²) in [4.78, 5) is 62.2. The number of carbonyl (C=O) groups excluding carboxylic acids is 5. The number of nitrogens with zero attached hydrogens (tertiary/aromatic N) is 1. The predicted octanol–water partition coefficient (Wildman–Crippen LogP) is 3.69. The van der Waals surface area contributed by atoms with Gasteiger partial charge >= 0.3 is 18.2 Å². The van der Waals surface area contributed by atoms with E-state index < -0.39 is 47.6 Å². The van der Waals surface area contributed by atoms with Crippen molar-refractivity contribution < 1.29 is 43.3 Å². The van der Waals surface area contributed by atoms with Crippen molar-refractivity contribution in [2.45, 2.75) is 72.1 Å². The largest absolute Gasteiger partial charge is 0.511 e. The molecule has 3 N–H and O–H groups in total. The molecule has 2 rings (SSSR count). The number of nitrogens with one attached hydrogen (secondary N) is 2. The van der Waals surface area contributed by atoms with Crippen LogP contribution in [-0.4, -0.2) is 77.9 Å². The van der Waals surface area contributed by atoms with E-state index in [1.807, 2.05) is 27.7 Å². The van der Waals surface area contributed by atoms with E-state index in [0.29, 0.717) is 18.0 Å². The third kappa shape index (κ3) is 10.2. The van der Waals surface area contributed by atoms with Gasteiger partial charge in [-0.25, -0.2) is 14.4 Å². The number of likely N-dealkylation sites (tertiary alicyclic amines) is 1. The molecule has 0 radical (unpaired) electrons. The van der Waals surface area contributed by atoms with Crippen molar-refractivity contribution in [3.05, 3.63) is 47.0 Å². The Bertz CT molecular complexity index is 1210. The molecule has 1 saturated heterocycles. The number of amides is 3. The number of esters is 1. The maximum absolute atomic E-state index is 13.6. The van der Waals surface area contributed by atoms with Crippen LogP contribution >= 0.6 is 11.6 Å². The molecule has 0 saturated carbocycles. The average Bonchev–Trinajstić information content (AvgIpc) is 2.90. The van der Waals surface area contributed by atoms with Gasteiger partial charge in [0, 0.05) is 29.6 Å². The maximum atomic E-state index is 13.6. The van der Waals surface area contributed by atoms with Crippen molar-refractivity contribution in [3.63, 3.8) is 0 Å². The van der Waals surface area contributed by atoms with Gasteiger partial charge in [0.15, 0.2) is 5.78 Å². The molecule has 12 nitrogen and oxygen atoms in total. The molecule has 1 fully saturated rings. The Morgan fingerprint density at radius 2 is 1.72 bits per heavy atom. The third-order valence-electron chi connectivity index (χ3n) is 7.17. The molecule has 1 heterocycles. The molecular formula is C30H42ClN3O9. The van der Waals surface area contributed by atoms with Gasteiger partial charge in [0.05, 0.1) is 12.1 Å². The van der Waals surface area contributed by atoms with Crippen LogP contribution < -0.4 is 10.6 Å². The number of carbonyl (C=O) groups is 5. The Kier molecular flexibility index (Phi) is 12.2. The van der Waals surface area contributed by atoms with Crippen LogP contribution in [0.15, 0.2) is 36.4 Å². The number of allylic oxidation sites excluding steroid dienone is 1. The van der Waals surface area contributed by atoms with Crippen molar-refractivity contribution in [2.24, 2.45) is 11.3 Å². The van der Waals surface area contributed by atoms with Crippen LogP contribution in [-0.2, 0) is 34.2 Å². The van der Waals surface area contributed by atoms with E-state index in [4.69, 9.17) is 21.1 Å². The fourth-order valence-electron chi connectivity index (χ4n) is 4.63. The average molecular weight is 624 g/mol. The molecule has 238 valence electrons. The summed E-state index contributed by atoms with van der Waals surface area (Å²) in [6.45, 7) is 11.4. The highest BCUT2D eigenvalue weighted by molar-refractivity contribution is 6.30. The molecule has 1 aliphatic heterocycles. The van der Waals surface area contributed by atoms with E-state index in [2.05, 4.69) is 15.4 Å². The number of piperidine rings is 1. The monoisotopic (exact) mass is 623 g/mol. The second kappa shape index (κ2) is 14.7. The first-order chi connectivity index (χ1) is 19.9. The highest BCUT2D eigenvalue weighted by atomic mass is 35.5. The molecule has 3 amide bonds. The smallest absolute Gasteiger partial charge is 0.426 e. The lowest BCUT2D eigenvalue weighted by Crippen LogP contribution is -2.61. The molecule has 0 aromatic heterocycles. The van der Waals surface area contributed by atoms with Gasteiger partial charge in [-0.3, -0.25) is 9.59 Å². The zero-order valence-corrected chi connectivity index (χ0v) is 26.4. The van der Waals surface area contributed by atoms with Gasteiger partial charge in [-0.15, -0.1) is 0 Å². The molecule has 1 aromatic rings. The quantitative estimate of drug-likeness (QED) is 0.190. The van der Waals surface area contributed by atoms with Crippen molar-refractivity contribution in [1.82, 2.24) is 15.5 Å². The summed E-state index contributed by atoms with van der Waals surface area (Å²) in [5.74, 6) is -1.74. The van der Waals surface area contributed by atoms with E-state index in [9.17, 15) is 29.1 Å². The standard InChI is InChI=1S/C30H42ClN3O9/c1-19(2)24(25(37)34-15-14-30(40,28(4,5)17-34)21-9-11-22(31)12-10-21)33-26(38)32-16-29(6,7)43-27(39)42-18-41-23(36)13-8-20(3)35/h8-13,19,24,40H,14-18H2,1-7H3,(H2,32,33,38)/t24-,30+/m1/s1. The number of ether oxygens (including phenoxy) is 3. The first-order valence-corrected chi connectivity index (χ1v) is 14.3. The summed E-state index contributed by atoms with van der Waals surface area (Å²) in [6, 6.07) is 5.55. The molecule has 0 aliphatic carbocycles. The van der Waals surface area contributed by atoms with Crippen LogP contribution in [0.1, 0.15) is 60.5 Å². The highest BCUT2D eigenvalue weighted by Crippen LogP contribution is 2.46. The minimum Gasteiger partial charge on any atom is -0.426 e. The predicted molar refractivity (Wildman–Crippen MR) is 158 cm³/mol. The summed E-state index contributed by atoms with van der Waals surface area (Å²) in [5, 5.41) is 17.5. The zero-order valence-electron chi connectivity index (χ0n) is 25.7. The number of aliphatic hydroxyl groups is 1. The molecule has 0 bridgehead atoms. The van der Waals surface area contributed by atoms with Crippen LogP contribution in [0.25, 0.3) is 0 Å². The van der Waals surface area contributed by atoms with Gasteiger partial charge in [0.2, 0.25) is 12.7 Å². The Morgan fingerprint density at radius 3 is 2.28 bits per heavy atom. The first kappa shape index (κ1) is 35.6. The molecule has 2 atom stereocenters. The third-order valence-corrected chi connectivity index (χ3v) is 7.42. The normalized spacial score (nSPS) is 19.0. The summed E-state index contributed by atoms with van der Waals surface area (Å²) in [7, 11) is 0. The number of hydrogen-bond donors (Lipinski definition) is 3. The van der Waals surface area contributed by atoms with Crippen LogP contribution in [0.5, 0.6) is 0 Å². The van der Waals surface area contributed by atoms with Crippen molar-refractivity contribution in [1.29, 1.82) is 0 Å². The number of benzene rings is 1. The number of halogens is 1. The van der Waals surface area contributed by atoms with Gasteiger partial charge in [0.1, 0.15) is 11.6 Å². The first-order valence-electron chi connectivity index (χ1n) is 13.9. The van der Waals surface area contributed by atoms with E-state index in [1.165, 1.54) is 20.8 Å². The summed E-state index contributed by atoms with van der Waals surface area (Å²) in [6.07, 6.45) is 1.07. The number of urea groups is 1. The number of hydrogen-bond acceptors (Lipinski definition) is 9. The van der Waals surface area contributed by atoms with Crippen LogP contribution in [0.3, 0.4) is 0 Å². The van der Waals surface area contributed by atoms with E-state index >= 15 is 0 Å². The minimum absolute atomic E-state index is 0.126. The van der Waals surface area contributed by atoms with Gasteiger partial charge < -0.3 is 34.9 Å². The molecule has 43 heavy (non-hydrogen) atoms. The van der Waals surface area contributed by atoms with Crippen molar-refractivity contribution in [3.8, 4) is 0 Å². The van der Waals surface area contributed by atoms with Crippen molar-refractivity contribution >= 4 is 41.4 Å². The Hall–Kier alpha value is -3.64. The molecule has 1 aromatic carbocycles. The van der Waals surface area contributed by atoms with Crippen molar-refractivity contribution in [2.75, 3.05) is 26.4 Å². The van der Waals surface area contributed by atoms with Crippen LogP contribution in [0, 0.1) is 11.3 Å². The van der Waals surface area contributed by atoms with Gasteiger partial charge in [-0.1, -0.05) is 51.4 Å². The van der Waals surface area contributed by atoms with Gasteiger partial charge in [0.25, 0.3) is 0 Å². The summed E-state index contributed by atoms with van der Waals surface area (Å²) >= 11 is 6.02. The van der Waals surface area contributed by atoms with Gasteiger partial charge in [-0.2, -0.15) is 0 Å². The molecule has 0 unspecified atom stereocenters. The van der Waals surface area contributed by atoms with Crippen LogP contribution in [0.4, 0.5) is 9.59 Å². The zero-order chi connectivity index (χ0) is 32.6. The fourth-order valence-corrected chi connectivity index (χ4v) is 4.75. The van der Waals surface area contributed by atoms with E-state index in [0.717, 1.165) is 17.7 Å². The lowest BCUT2D eigenvalue weighted by Gasteiger charge is -2.51. The molecule has 0 spiro atoms. The SMILES string of the molecule is CC(=O)C=CC(=O)OCOC(=O)OC(C)(C)CNC(=O)N[C@@H](C(=O)N1CC[C@](O)(c2ccc(Cl)cc2)C(C)(C)C1)C(C)C. The summed E-state index contributed by atoms with van der Waals surface area (Å²) in [5.41, 5.74) is -2.36. The van der Waals surface area contributed by atoms with E-state index in [1.54, 1.807) is 29.2 Å². The second-order valence-electron chi connectivity index (χ2n) is 12.1.